The van der Waals surface area contributed by atoms with Gasteiger partial charge >= 0.3 is 5.97 Å². The van der Waals surface area contributed by atoms with Crippen LogP contribution in [0.15, 0.2) is 36.4 Å². The highest BCUT2D eigenvalue weighted by Crippen LogP contribution is 2.32. The van der Waals surface area contributed by atoms with Gasteiger partial charge in [0.1, 0.15) is 0 Å². The zero-order valence-electron chi connectivity index (χ0n) is 14.5. The van der Waals surface area contributed by atoms with Gasteiger partial charge in [-0.15, -0.1) is 0 Å². The van der Waals surface area contributed by atoms with E-state index in [2.05, 4.69) is 14.8 Å². The Balaban J connectivity index is 2.02. The number of rotatable bonds is 4. The van der Waals surface area contributed by atoms with Crippen molar-refractivity contribution in [3.05, 3.63) is 51.5 Å². The molecular formula is C18H16N4O3S2. The second-order valence-corrected chi connectivity index (χ2v) is 6.96. The molecule has 3 N–H and O–H groups in total. The average molecular weight is 400 g/mol. The van der Waals surface area contributed by atoms with E-state index in [1.165, 1.54) is 7.11 Å². The minimum atomic E-state index is -1.03. The van der Waals surface area contributed by atoms with E-state index in [0.717, 1.165) is 27.5 Å². The lowest BCUT2D eigenvalue weighted by Gasteiger charge is -2.11. The number of ether oxygens (including phenoxy) is 1. The maximum absolute atomic E-state index is 11.5. The Kier molecular flexibility index (Phi) is 4.22. The van der Waals surface area contributed by atoms with Gasteiger partial charge in [-0.2, -0.15) is 0 Å². The average Bonchev–Trinajstić information content (AvgIpc) is 3.12. The summed E-state index contributed by atoms with van der Waals surface area (Å²) in [5, 5.41) is 17.0. The van der Waals surface area contributed by atoms with Gasteiger partial charge in [0.15, 0.2) is 15.6 Å². The second-order valence-electron chi connectivity index (χ2n) is 6.19. The molecule has 9 heteroatoms. The quantitative estimate of drug-likeness (QED) is 0.451. The lowest BCUT2D eigenvalue weighted by atomic mass is 10.0. The number of nitrogens with zero attached hydrogens (tertiary/aromatic N) is 2. The van der Waals surface area contributed by atoms with Crippen LogP contribution in [-0.4, -0.2) is 37.5 Å². The van der Waals surface area contributed by atoms with Gasteiger partial charge in [-0.1, -0.05) is 6.07 Å². The van der Waals surface area contributed by atoms with E-state index in [0.29, 0.717) is 15.1 Å². The van der Waals surface area contributed by atoms with Crippen molar-refractivity contribution >= 4 is 52.2 Å². The van der Waals surface area contributed by atoms with Crippen LogP contribution in [0.1, 0.15) is 11.7 Å². The molecule has 0 bridgehead atoms. The molecule has 2 aromatic heterocycles. The number of hydrogen-bond donors (Lipinski definition) is 3. The van der Waals surface area contributed by atoms with Crippen molar-refractivity contribution in [2.45, 2.75) is 6.10 Å². The van der Waals surface area contributed by atoms with Crippen LogP contribution in [0.4, 0.5) is 0 Å². The summed E-state index contributed by atoms with van der Waals surface area (Å²) in [6, 6.07) is 11.5. The number of aliphatic carboxylic acids is 1. The number of benzene rings is 2. The van der Waals surface area contributed by atoms with Crippen LogP contribution in [-0.2, 0) is 16.6 Å². The normalized spacial score (nSPS) is 12.7. The zero-order chi connectivity index (χ0) is 19.3. The summed E-state index contributed by atoms with van der Waals surface area (Å²) in [4.78, 5) is 11.5. The first-order valence-corrected chi connectivity index (χ1v) is 8.92. The lowest BCUT2D eigenvalue weighted by molar-refractivity contribution is -0.148. The van der Waals surface area contributed by atoms with Crippen LogP contribution in [0.2, 0.25) is 0 Å². The number of nitrogens with one attached hydrogen (secondary N) is 2. The standard InChI is InChI=1S/C18H16N4O3S2/c1-21-13-5-3-9(15(25-2)16(23)24)7-11(13)12-8-10(4-6-14(12)21)22-17(26)19-20-18(22)27/h3-8,15H,1-2H3,(H,19,26)(H,20,27)(H,23,24). The molecule has 1 atom stereocenters. The summed E-state index contributed by atoms with van der Waals surface area (Å²) in [6.07, 6.45) is -1.01. The first kappa shape index (κ1) is 17.7. The molecule has 0 aliphatic carbocycles. The molecule has 2 aromatic carbocycles. The SMILES string of the molecule is COC(C(=O)O)c1ccc2c(c1)c1cc(-n3c(=S)[nH][nH]c3=S)ccc1n2C. The van der Waals surface area contributed by atoms with E-state index in [1.807, 2.05) is 37.4 Å². The van der Waals surface area contributed by atoms with Gasteiger partial charge in [0, 0.05) is 36.0 Å². The van der Waals surface area contributed by atoms with Gasteiger partial charge in [0.2, 0.25) is 0 Å². The van der Waals surface area contributed by atoms with Crippen molar-refractivity contribution in [2.75, 3.05) is 7.11 Å². The Morgan fingerprint density at radius 2 is 1.67 bits per heavy atom. The van der Waals surface area contributed by atoms with E-state index < -0.39 is 12.1 Å². The Morgan fingerprint density at radius 1 is 1.07 bits per heavy atom. The second kappa shape index (κ2) is 6.45. The van der Waals surface area contributed by atoms with Gasteiger partial charge in [0.05, 0.1) is 5.69 Å². The van der Waals surface area contributed by atoms with Gasteiger partial charge in [-0.25, -0.2) is 4.79 Å². The van der Waals surface area contributed by atoms with Gasteiger partial charge in [0.25, 0.3) is 0 Å². The van der Waals surface area contributed by atoms with E-state index in [1.54, 1.807) is 10.6 Å². The molecular weight excluding hydrogens is 384 g/mol. The summed E-state index contributed by atoms with van der Waals surface area (Å²) < 4.78 is 9.89. The molecule has 0 radical (unpaired) electrons. The number of carboxylic acid groups (broad SMARTS) is 1. The number of H-pyrrole nitrogens is 2. The number of aromatic amines is 2. The van der Waals surface area contributed by atoms with Crippen molar-refractivity contribution in [1.82, 2.24) is 19.3 Å². The van der Waals surface area contributed by atoms with E-state index in [9.17, 15) is 9.90 Å². The Bertz CT molecular complexity index is 1280. The highest BCUT2D eigenvalue weighted by Gasteiger charge is 2.20. The van der Waals surface area contributed by atoms with Crippen molar-refractivity contribution < 1.29 is 14.6 Å². The van der Waals surface area contributed by atoms with Gasteiger partial charge < -0.3 is 14.4 Å². The fraction of sp³-hybridized carbons (Fsp3) is 0.167. The molecule has 0 spiro atoms. The fourth-order valence-electron chi connectivity index (χ4n) is 3.45. The summed E-state index contributed by atoms with van der Waals surface area (Å²) in [5.41, 5.74) is 3.43. The van der Waals surface area contributed by atoms with Crippen LogP contribution in [0, 0.1) is 9.54 Å². The Hall–Kier alpha value is -2.75. The fourth-order valence-corrected chi connectivity index (χ4v) is 4.00. The largest absolute Gasteiger partial charge is 0.479 e. The zero-order valence-corrected chi connectivity index (χ0v) is 16.1. The first-order valence-electron chi connectivity index (χ1n) is 8.10. The molecule has 138 valence electrons. The maximum Gasteiger partial charge on any atom is 0.337 e. The number of carbonyl (C=O) groups is 1. The third-order valence-electron chi connectivity index (χ3n) is 4.72. The lowest BCUT2D eigenvalue weighted by Crippen LogP contribution is -2.13. The van der Waals surface area contributed by atoms with Crippen molar-refractivity contribution in [2.24, 2.45) is 7.05 Å². The number of aromatic nitrogens is 4. The Morgan fingerprint density at radius 3 is 2.26 bits per heavy atom. The number of methoxy groups -OCH3 is 1. The highest BCUT2D eigenvalue weighted by molar-refractivity contribution is 7.72. The number of fused-ring (bicyclic) bond motifs is 3. The van der Waals surface area contributed by atoms with E-state index in [-0.39, 0.29) is 0 Å². The third kappa shape index (κ3) is 2.71. The summed E-state index contributed by atoms with van der Waals surface area (Å²) in [6.45, 7) is 0. The van der Waals surface area contributed by atoms with Crippen LogP contribution < -0.4 is 0 Å². The highest BCUT2D eigenvalue weighted by atomic mass is 32.1. The summed E-state index contributed by atoms with van der Waals surface area (Å²) in [7, 11) is 3.36. The van der Waals surface area contributed by atoms with E-state index in [4.69, 9.17) is 29.2 Å². The van der Waals surface area contributed by atoms with Crippen LogP contribution >= 0.6 is 24.4 Å². The van der Waals surface area contributed by atoms with Crippen molar-refractivity contribution in [3.63, 3.8) is 0 Å². The molecule has 4 aromatic rings. The molecule has 0 aliphatic rings. The van der Waals surface area contributed by atoms with E-state index >= 15 is 0 Å². The smallest absolute Gasteiger partial charge is 0.337 e. The molecule has 0 saturated carbocycles. The number of aryl methyl sites for hydroxylation is 1. The number of hydrogen-bond acceptors (Lipinski definition) is 4. The van der Waals surface area contributed by atoms with Gasteiger partial charge in [-0.3, -0.25) is 14.8 Å². The Labute approximate surface area is 163 Å². The minimum Gasteiger partial charge on any atom is -0.479 e. The maximum atomic E-state index is 11.5. The molecule has 0 saturated heterocycles. The predicted molar refractivity (Wildman–Crippen MR) is 108 cm³/mol. The van der Waals surface area contributed by atoms with Gasteiger partial charge in [-0.05, 0) is 60.3 Å². The topological polar surface area (TPSA) is 88.0 Å². The van der Waals surface area contributed by atoms with Crippen molar-refractivity contribution in [3.8, 4) is 5.69 Å². The molecule has 0 fully saturated rings. The molecule has 0 aliphatic heterocycles. The third-order valence-corrected chi connectivity index (χ3v) is 5.29. The molecule has 7 nitrogen and oxygen atoms in total. The van der Waals surface area contributed by atoms with Crippen LogP contribution in [0.25, 0.3) is 27.5 Å². The monoisotopic (exact) mass is 400 g/mol. The molecule has 1 unspecified atom stereocenters. The first-order chi connectivity index (χ1) is 12.9. The predicted octanol–water partition coefficient (Wildman–Crippen LogP) is 4.01. The molecule has 4 rings (SSSR count). The van der Waals surface area contributed by atoms with Crippen molar-refractivity contribution in [1.29, 1.82) is 0 Å². The van der Waals surface area contributed by atoms with Crippen LogP contribution in [0.5, 0.6) is 0 Å². The molecule has 0 amide bonds. The minimum absolute atomic E-state index is 0.477. The molecule has 2 heterocycles. The molecule has 27 heavy (non-hydrogen) atoms. The number of carboxylic acids is 1. The summed E-state index contributed by atoms with van der Waals surface area (Å²) >= 11 is 10.6. The summed E-state index contributed by atoms with van der Waals surface area (Å²) in [5.74, 6) is -1.03. The van der Waals surface area contributed by atoms with Crippen LogP contribution in [0.3, 0.4) is 0 Å².